The molecule has 1 aliphatic carbocycles. The molecule has 0 spiro atoms. The first-order valence-electron chi connectivity index (χ1n) is 14.0. The smallest absolute Gasteiger partial charge is 0.387 e. The quantitative estimate of drug-likeness (QED) is 0.413. The maximum Gasteiger partial charge on any atom is 0.387 e. The van der Waals surface area contributed by atoms with Crippen LogP contribution in [0.1, 0.15) is 25.3 Å². The van der Waals surface area contributed by atoms with Gasteiger partial charge in [-0.15, -0.1) is 0 Å². The molecule has 12 heteroatoms. The first-order chi connectivity index (χ1) is 20.3. The maximum absolute atomic E-state index is 14.1. The Bertz CT molecular complexity index is 1620. The molecule has 1 saturated heterocycles. The summed E-state index contributed by atoms with van der Waals surface area (Å²) in [5.74, 6) is 0.975. The average molecular weight is 579 g/mol. The largest absolute Gasteiger partial charge is 0.464 e. The second kappa shape index (κ2) is 11.6. The van der Waals surface area contributed by atoms with Gasteiger partial charge in [0.1, 0.15) is 11.6 Å². The van der Waals surface area contributed by atoms with Crippen molar-refractivity contribution >= 4 is 22.4 Å². The number of likely N-dealkylation sites (N-methyl/N-ethyl adjacent to an activating group) is 1. The topological polar surface area (TPSA) is 105 Å². The van der Waals surface area contributed by atoms with E-state index < -0.39 is 6.61 Å². The zero-order valence-electron chi connectivity index (χ0n) is 23.4. The van der Waals surface area contributed by atoms with Gasteiger partial charge in [0.2, 0.25) is 0 Å². The Labute approximate surface area is 241 Å². The third-order valence-corrected chi connectivity index (χ3v) is 7.85. The van der Waals surface area contributed by atoms with Gasteiger partial charge < -0.3 is 24.4 Å². The van der Waals surface area contributed by atoms with Gasteiger partial charge in [0.15, 0.2) is 5.65 Å². The monoisotopic (exact) mass is 578 g/mol. The number of allylic oxidation sites excluding steroid dienone is 2. The summed E-state index contributed by atoms with van der Waals surface area (Å²) < 4.78 is 36.8. The molecule has 2 aliphatic heterocycles. The molecular weight excluding hydrogens is 546 g/mol. The molecule has 1 fully saturated rings. The van der Waals surface area contributed by atoms with Gasteiger partial charge >= 0.3 is 12.6 Å². The number of ether oxygens (including phenoxy) is 2. The molecule has 2 aromatic heterocycles. The lowest BCUT2D eigenvalue weighted by Gasteiger charge is -2.26. The molecule has 6 rings (SSSR count). The van der Waals surface area contributed by atoms with E-state index in [1.807, 2.05) is 26.1 Å². The van der Waals surface area contributed by atoms with Crippen LogP contribution >= 0.6 is 0 Å². The summed E-state index contributed by atoms with van der Waals surface area (Å²) in [5.41, 5.74) is 1.60. The molecule has 42 heavy (non-hydrogen) atoms. The molecule has 10 nitrogen and oxygen atoms in total. The number of amidine groups is 1. The number of benzene rings is 1. The summed E-state index contributed by atoms with van der Waals surface area (Å²) in [5, 5.41) is 10.4. The van der Waals surface area contributed by atoms with Gasteiger partial charge in [0.25, 0.3) is 5.56 Å². The molecule has 4 heterocycles. The number of halogens is 2. The van der Waals surface area contributed by atoms with E-state index in [-0.39, 0.29) is 35.5 Å². The van der Waals surface area contributed by atoms with Crippen LogP contribution in [0.5, 0.6) is 11.8 Å². The Balaban J connectivity index is 1.36. The molecule has 0 saturated carbocycles. The fourth-order valence-electron chi connectivity index (χ4n) is 5.76. The number of fused-ring (bicyclic) bond motifs is 2. The minimum Gasteiger partial charge on any atom is -0.464 e. The molecule has 1 N–H and O–H groups in total. The van der Waals surface area contributed by atoms with Crippen LogP contribution in [0.4, 0.5) is 8.78 Å². The summed E-state index contributed by atoms with van der Waals surface area (Å²) in [7, 11) is 2.03. The lowest BCUT2D eigenvalue weighted by atomic mass is 9.94. The van der Waals surface area contributed by atoms with Crippen molar-refractivity contribution in [2.75, 3.05) is 33.3 Å². The van der Waals surface area contributed by atoms with Crippen LogP contribution in [0.2, 0.25) is 0 Å². The fourth-order valence-corrected chi connectivity index (χ4v) is 5.76. The van der Waals surface area contributed by atoms with Gasteiger partial charge in [-0.05, 0) is 55.3 Å². The van der Waals surface area contributed by atoms with E-state index in [0.717, 1.165) is 37.3 Å². The average Bonchev–Trinajstić information content (AvgIpc) is 3.53. The number of aromatic nitrogens is 3. The lowest BCUT2D eigenvalue weighted by Crippen LogP contribution is -2.37. The van der Waals surface area contributed by atoms with Crippen molar-refractivity contribution in [3.63, 3.8) is 0 Å². The van der Waals surface area contributed by atoms with Crippen molar-refractivity contribution in [3.8, 4) is 17.4 Å². The van der Waals surface area contributed by atoms with Gasteiger partial charge in [0.05, 0.1) is 30.5 Å². The Morgan fingerprint density at radius 2 is 2.02 bits per heavy atom. The maximum atomic E-state index is 14.1. The minimum atomic E-state index is -2.95. The van der Waals surface area contributed by atoms with Crippen LogP contribution in [0, 0.1) is 0 Å². The zero-order chi connectivity index (χ0) is 29.4. The predicted molar refractivity (Wildman–Crippen MR) is 155 cm³/mol. The number of aliphatic hydroxyl groups excluding tert-OH is 1. The van der Waals surface area contributed by atoms with Gasteiger partial charge in [0, 0.05) is 50.2 Å². The van der Waals surface area contributed by atoms with Gasteiger partial charge in [-0.1, -0.05) is 12.2 Å². The number of hydrogen-bond donors (Lipinski definition) is 1. The fraction of sp³-hybridized carbons (Fsp3) is 0.400. The highest BCUT2D eigenvalue weighted by Crippen LogP contribution is 2.30. The van der Waals surface area contributed by atoms with Gasteiger partial charge in [-0.2, -0.15) is 13.8 Å². The molecule has 0 amide bonds. The number of nitrogens with zero attached hydrogens (tertiary/aromatic N) is 6. The van der Waals surface area contributed by atoms with Gasteiger partial charge in [-0.25, -0.2) is 4.98 Å². The zero-order valence-corrected chi connectivity index (χ0v) is 23.4. The first-order valence-corrected chi connectivity index (χ1v) is 14.0. The highest BCUT2D eigenvalue weighted by atomic mass is 19.3. The predicted octanol–water partition coefficient (Wildman–Crippen LogP) is 3.27. The molecule has 3 aromatic rings. The molecule has 0 radical (unpaired) electrons. The number of pyridine rings is 1. The van der Waals surface area contributed by atoms with Crippen LogP contribution in [0.3, 0.4) is 0 Å². The van der Waals surface area contributed by atoms with Crippen molar-refractivity contribution in [2.24, 2.45) is 4.99 Å². The van der Waals surface area contributed by atoms with Crippen LogP contribution in [0.15, 0.2) is 64.5 Å². The van der Waals surface area contributed by atoms with E-state index in [1.54, 1.807) is 12.3 Å². The van der Waals surface area contributed by atoms with Crippen molar-refractivity contribution in [3.05, 3.63) is 70.7 Å². The Morgan fingerprint density at radius 1 is 1.21 bits per heavy atom. The number of hydrogen-bond acceptors (Lipinski definition) is 9. The van der Waals surface area contributed by atoms with Crippen LogP contribution < -0.4 is 15.0 Å². The Kier molecular flexibility index (Phi) is 7.74. The van der Waals surface area contributed by atoms with Gasteiger partial charge in [-0.3, -0.25) is 14.4 Å². The van der Waals surface area contributed by atoms with Crippen molar-refractivity contribution in [2.45, 2.75) is 44.6 Å². The lowest BCUT2D eigenvalue weighted by molar-refractivity contribution is -0.0498. The second-order valence-corrected chi connectivity index (χ2v) is 10.5. The number of alkyl halides is 2. The number of aliphatic hydroxyl groups is 1. The number of aliphatic imine (C=N–C) groups is 1. The van der Waals surface area contributed by atoms with Crippen LogP contribution in [0.25, 0.3) is 22.3 Å². The SMILES string of the molecule is CCOc1ncc2cc(C3=CC4N=C(CCN5CCC(O)C5)N(C)C4C=C3)c(=O)n(-c3ccc(OC(F)F)cc3)c2n1. The van der Waals surface area contributed by atoms with Crippen molar-refractivity contribution in [1.29, 1.82) is 0 Å². The summed E-state index contributed by atoms with van der Waals surface area (Å²) in [6.07, 6.45) is 8.94. The van der Waals surface area contributed by atoms with E-state index in [0.29, 0.717) is 35.4 Å². The summed E-state index contributed by atoms with van der Waals surface area (Å²) in [6.45, 7) is 1.63. The standard InChI is InChI=1S/C30H32F2N6O4/c1-3-41-30-33-16-19-14-23(28(40)38(27(19)35-30)20-5-7-22(8-6-20)42-29(31)32)18-4-9-25-24(15-18)34-26(36(25)2)11-13-37-12-10-21(39)17-37/h4-9,14-16,21,24-25,29,39H,3,10-13,17H2,1-2H3. The molecule has 220 valence electrons. The molecular formula is C30H32F2N6O4. The summed E-state index contributed by atoms with van der Waals surface area (Å²) in [6, 6.07) is 7.62. The minimum absolute atomic E-state index is 0.0178. The Hall–Kier alpha value is -4.16. The number of rotatable bonds is 9. The third-order valence-electron chi connectivity index (χ3n) is 7.85. The van der Waals surface area contributed by atoms with E-state index in [1.165, 1.54) is 28.8 Å². The third kappa shape index (κ3) is 5.51. The molecule has 3 aliphatic rings. The second-order valence-electron chi connectivity index (χ2n) is 10.5. The molecule has 1 aromatic carbocycles. The molecule has 0 bridgehead atoms. The number of likely N-dealkylation sites (tertiary alicyclic amines) is 1. The summed E-state index contributed by atoms with van der Waals surface area (Å²) >= 11 is 0. The Morgan fingerprint density at radius 3 is 2.74 bits per heavy atom. The van der Waals surface area contributed by atoms with Crippen LogP contribution in [-0.4, -0.2) is 93.4 Å². The highest BCUT2D eigenvalue weighted by molar-refractivity contribution is 5.88. The van der Waals surface area contributed by atoms with E-state index in [9.17, 15) is 18.7 Å². The van der Waals surface area contributed by atoms with E-state index >= 15 is 0 Å². The first kappa shape index (κ1) is 28.0. The van der Waals surface area contributed by atoms with Crippen molar-refractivity contribution in [1.82, 2.24) is 24.3 Å². The van der Waals surface area contributed by atoms with E-state index in [2.05, 4.69) is 30.6 Å². The number of β-amino-alcohol motifs (C(OH)–C–C–N with tert-alkyl or cyclic N) is 1. The molecule has 3 atom stereocenters. The normalized spacial score (nSPS) is 22.0. The highest BCUT2D eigenvalue weighted by Gasteiger charge is 2.33. The van der Waals surface area contributed by atoms with Crippen LogP contribution in [-0.2, 0) is 0 Å². The molecule has 3 unspecified atom stereocenters. The summed E-state index contributed by atoms with van der Waals surface area (Å²) in [4.78, 5) is 32.3. The van der Waals surface area contributed by atoms with Crippen molar-refractivity contribution < 1.29 is 23.4 Å². The van der Waals surface area contributed by atoms with E-state index in [4.69, 9.17) is 9.73 Å².